The van der Waals surface area contributed by atoms with E-state index in [1.807, 2.05) is 47.9 Å². The highest BCUT2D eigenvalue weighted by molar-refractivity contribution is 6.04. The Balaban J connectivity index is 1.39. The highest BCUT2D eigenvalue weighted by Gasteiger charge is 2.27. The molecule has 0 fully saturated rings. The summed E-state index contributed by atoms with van der Waals surface area (Å²) >= 11 is 0. The first-order valence-electron chi connectivity index (χ1n) is 14.4. The van der Waals surface area contributed by atoms with Crippen molar-refractivity contribution in [3.8, 4) is 16.9 Å². The Hall–Kier alpha value is -4.14. The lowest BCUT2D eigenvalue weighted by atomic mass is 9.98. The van der Waals surface area contributed by atoms with Crippen LogP contribution in [-0.2, 0) is 35.7 Å². The molecule has 1 aliphatic rings. The van der Waals surface area contributed by atoms with Gasteiger partial charge in [-0.1, -0.05) is 54.6 Å². The van der Waals surface area contributed by atoms with Gasteiger partial charge in [-0.3, -0.25) is 5.10 Å². The van der Waals surface area contributed by atoms with Crippen LogP contribution in [0.15, 0.2) is 60.7 Å². The average Bonchev–Trinajstić information content (AvgIpc) is 3.53. The summed E-state index contributed by atoms with van der Waals surface area (Å²) in [6.07, 6.45) is 2.93. The minimum atomic E-state index is -0.912. The molecular weight excluding hydrogens is 518 g/mol. The van der Waals surface area contributed by atoms with E-state index >= 15 is 0 Å². The Morgan fingerprint density at radius 1 is 1.07 bits per heavy atom. The first-order valence-corrected chi connectivity index (χ1v) is 14.4. The van der Waals surface area contributed by atoms with Crippen molar-refractivity contribution in [3.63, 3.8) is 0 Å². The number of rotatable bonds is 9. The standard InChI is InChI=1S/C33H35N3O5/c1-2-39-20-27-30-26-14-8-13-24-25(15-9-19-41-29-16-7-11-22-10-3-4-12-23(22)29)32(33(37)38)36(31(24)26)17-5-6-18-40-21-28(30)35-34-27/h3-4,7-8,10-14,16H,2,5-6,9,15,17-21H2,1H3,(H,34,35)(H,37,38). The predicted octanol–water partition coefficient (Wildman–Crippen LogP) is 6.74. The second-order valence-electron chi connectivity index (χ2n) is 10.3. The van der Waals surface area contributed by atoms with Crippen LogP contribution in [0.3, 0.4) is 0 Å². The maximum absolute atomic E-state index is 12.8. The normalized spacial score (nSPS) is 13.7. The van der Waals surface area contributed by atoms with Gasteiger partial charge in [-0.2, -0.15) is 5.10 Å². The van der Waals surface area contributed by atoms with Crippen LogP contribution in [0.1, 0.15) is 53.6 Å². The third-order valence-corrected chi connectivity index (χ3v) is 7.76. The molecule has 0 spiro atoms. The van der Waals surface area contributed by atoms with Crippen molar-refractivity contribution < 1.29 is 24.1 Å². The number of para-hydroxylation sites is 1. The molecule has 2 aromatic heterocycles. The monoisotopic (exact) mass is 553 g/mol. The number of nitrogens with zero attached hydrogens (tertiary/aromatic N) is 2. The molecule has 0 saturated heterocycles. The lowest BCUT2D eigenvalue weighted by molar-refractivity contribution is 0.0683. The predicted molar refractivity (Wildman–Crippen MR) is 158 cm³/mol. The zero-order valence-electron chi connectivity index (χ0n) is 23.3. The van der Waals surface area contributed by atoms with E-state index in [9.17, 15) is 9.90 Å². The molecule has 0 unspecified atom stereocenters. The van der Waals surface area contributed by atoms with Crippen LogP contribution in [0.4, 0.5) is 0 Å². The van der Waals surface area contributed by atoms with Crippen molar-refractivity contribution in [2.75, 3.05) is 19.8 Å². The van der Waals surface area contributed by atoms with E-state index in [1.165, 1.54) is 0 Å². The van der Waals surface area contributed by atoms with Crippen molar-refractivity contribution in [2.24, 2.45) is 0 Å². The van der Waals surface area contributed by atoms with Crippen LogP contribution in [-0.4, -0.2) is 45.7 Å². The molecule has 8 nitrogen and oxygen atoms in total. The number of nitrogens with one attached hydrogen (secondary N) is 1. The number of fused-ring (bicyclic) bond motifs is 3. The molecular formula is C33H35N3O5. The van der Waals surface area contributed by atoms with Gasteiger partial charge in [-0.05, 0) is 49.6 Å². The van der Waals surface area contributed by atoms with E-state index in [2.05, 4.69) is 34.5 Å². The fraction of sp³-hybridized carbons (Fsp3) is 0.333. The summed E-state index contributed by atoms with van der Waals surface area (Å²) < 4.78 is 19.9. The van der Waals surface area contributed by atoms with Crippen LogP contribution >= 0.6 is 0 Å². The van der Waals surface area contributed by atoms with E-state index in [4.69, 9.17) is 14.2 Å². The van der Waals surface area contributed by atoms with Crippen LogP contribution in [0.5, 0.6) is 5.75 Å². The molecule has 0 saturated carbocycles. The molecule has 212 valence electrons. The van der Waals surface area contributed by atoms with Crippen molar-refractivity contribution in [3.05, 3.63) is 83.3 Å². The number of H-pyrrole nitrogens is 1. The Morgan fingerprint density at radius 3 is 2.78 bits per heavy atom. The zero-order chi connectivity index (χ0) is 28.2. The largest absolute Gasteiger partial charge is 0.493 e. The Bertz CT molecular complexity index is 1670. The Kier molecular flexibility index (Phi) is 8.02. The molecule has 0 aliphatic carbocycles. The second kappa shape index (κ2) is 12.2. The molecule has 0 amide bonds. The number of carbonyl (C=O) groups is 1. The van der Waals surface area contributed by atoms with Gasteiger partial charge in [-0.15, -0.1) is 0 Å². The number of aromatic amines is 1. The topological polar surface area (TPSA) is 98.6 Å². The number of hydrogen-bond acceptors (Lipinski definition) is 5. The molecule has 3 aromatic carbocycles. The second-order valence-corrected chi connectivity index (χ2v) is 10.3. The zero-order valence-corrected chi connectivity index (χ0v) is 23.3. The number of benzene rings is 3. The minimum absolute atomic E-state index is 0.356. The first kappa shape index (κ1) is 27.1. The molecule has 0 radical (unpaired) electrons. The molecule has 8 heteroatoms. The summed E-state index contributed by atoms with van der Waals surface area (Å²) in [5.41, 5.74) is 5.70. The quantitative estimate of drug-likeness (QED) is 0.196. The average molecular weight is 554 g/mol. The lowest BCUT2D eigenvalue weighted by Gasteiger charge is -2.12. The molecule has 3 heterocycles. The number of ether oxygens (including phenoxy) is 3. The van der Waals surface area contributed by atoms with Gasteiger partial charge >= 0.3 is 5.97 Å². The fourth-order valence-electron chi connectivity index (χ4n) is 5.95. The Labute approximate surface area is 238 Å². The summed E-state index contributed by atoms with van der Waals surface area (Å²) in [6.45, 7) is 4.99. The number of carboxylic acids is 1. The molecule has 2 N–H and O–H groups in total. The summed E-state index contributed by atoms with van der Waals surface area (Å²) in [7, 11) is 0. The van der Waals surface area contributed by atoms with Crippen molar-refractivity contribution in [1.82, 2.24) is 14.8 Å². The van der Waals surface area contributed by atoms with Gasteiger partial charge in [0.05, 0.1) is 36.7 Å². The Morgan fingerprint density at radius 2 is 1.90 bits per heavy atom. The van der Waals surface area contributed by atoms with E-state index in [0.717, 1.165) is 68.3 Å². The van der Waals surface area contributed by atoms with Gasteiger partial charge in [0.15, 0.2) is 0 Å². The number of aromatic nitrogens is 3. The third kappa shape index (κ3) is 5.33. The lowest BCUT2D eigenvalue weighted by Crippen LogP contribution is -2.12. The van der Waals surface area contributed by atoms with Crippen molar-refractivity contribution in [1.29, 1.82) is 0 Å². The van der Waals surface area contributed by atoms with E-state index in [0.29, 0.717) is 58.1 Å². The minimum Gasteiger partial charge on any atom is -0.493 e. The van der Waals surface area contributed by atoms with Gasteiger partial charge in [0.2, 0.25) is 0 Å². The van der Waals surface area contributed by atoms with Crippen LogP contribution in [0.2, 0.25) is 0 Å². The first-order chi connectivity index (χ1) is 20.2. The van der Waals surface area contributed by atoms with Crippen LogP contribution < -0.4 is 4.74 Å². The van der Waals surface area contributed by atoms with Crippen LogP contribution in [0, 0.1) is 0 Å². The molecule has 0 bridgehead atoms. The smallest absolute Gasteiger partial charge is 0.352 e. The fourth-order valence-corrected chi connectivity index (χ4v) is 5.95. The highest BCUT2D eigenvalue weighted by atomic mass is 16.5. The maximum Gasteiger partial charge on any atom is 0.352 e. The van der Waals surface area contributed by atoms with Gasteiger partial charge in [-0.25, -0.2) is 4.79 Å². The third-order valence-electron chi connectivity index (χ3n) is 7.76. The van der Waals surface area contributed by atoms with Gasteiger partial charge in [0.1, 0.15) is 11.4 Å². The van der Waals surface area contributed by atoms with Gasteiger partial charge < -0.3 is 23.9 Å². The molecule has 6 rings (SSSR count). The van der Waals surface area contributed by atoms with E-state index < -0.39 is 5.97 Å². The summed E-state index contributed by atoms with van der Waals surface area (Å²) in [5.74, 6) is -0.0672. The number of aromatic carboxylic acids is 1. The van der Waals surface area contributed by atoms with E-state index in [1.54, 1.807) is 0 Å². The number of aryl methyl sites for hydroxylation is 2. The number of carboxylic acid groups (broad SMARTS) is 1. The summed E-state index contributed by atoms with van der Waals surface area (Å²) in [5, 5.41) is 21.4. The summed E-state index contributed by atoms with van der Waals surface area (Å²) in [6, 6.07) is 20.3. The molecule has 0 atom stereocenters. The van der Waals surface area contributed by atoms with E-state index in [-0.39, 0.29) is 0 Å². The van der Waals surface area contributed by atoms with Gasteiger partial charge in [0, 0.05) is 41.7 Å². The highest BCUT2D eigenvalue weighted by Crippen LogP contribution is 2.39. The number of hydrogen-bond donors (Lipinski definition) is 2. The molecule has 5 aromatic rings. The van der Waals surface area contributed by atoms with Crippen molar-refractivity contribution in [2.45, 2.75) is 52.4 Å². The molecule has 1 aliphatic heterocycles. The molecule has 41 heavy (non-hydrogen) atoms. The van der Waals surface area contributed by atoms with Crippen LogP contribution in [0.25, 0.3) is 32.8 Å². The van der Waals surface area contributed by atoms with Crippen molar-refractivity contribution >= 4 is 27.6 Å². The maximum atomic E-state index is 12.8. The van der Waals surface area contributed by atoms with Gasteiger partial charge in [0.25, 0.3) is 0 Å². The summed E-state index contributed by atoms with van der Waals surface area (Å²) in [4.78, 5) is 12.8. The SMILES string of the molecule is CCOCc1n[nH]c2c1-c1cccc3c(CCCOc4cccc5ccccc45)c(C(=O)O)n(c13)CCCCOC2.